The van der Waals surface area contributed by atoms with Crippen LogP contribution in [0.4, 0.5) is 0 Å². The maximum Gasteiger partial charge on any atom is 0.231 e. The molecule has 1 fully saturated rings. The van der Waals surface area contributed by atoms with Gasteiger partial charge in [0, 0.05) is 11.6 Å². The lowest BCUT2D eigenvalue weighted by Crippen LogP contribution is -2.47. The highest BCUT2D eigenvalue weighted by atomic mass is 16.7. The Morgan fingerprint density at radius 1 is 1.22 bits per heavy atom. The summed E-state index contributed by atoms with van der Waals surface area (Å²) in [5.74, 6) is 2.77. The van der Waals surface area contributed by atoms with Crippen LogP contribution in [0, 0.1) is 5.92 Å². The number of benzene rings is 1. The van der Waals surface area contributed by atoms with Gasteiger partial charge in [0.15, 0.2) is 11.5 Å². The summed E-state index contributed by atoms with van der Waals surface area (Å²) in [6, 6.07) is 5.04. The van der Waals surface area contributed by atoms with Crippen LogP contribution in [0.2, 0.25) is 0 Å². The summed E-state index contributed by atoms with van der Waals surface area (Å²) in [4.78, 5) is 2.54. The zero-order valence-electron chi connectivity index (χ0n) is 10.8. The first kappa shape index (κ1) is 10.7. The molecule has 1 saturated heterocycles. The van der Waals surface area contributed by atoms with Gasteiger partial charge >= 0.3 is 0 Å². The molecule has 18 heavy (non-hydrogen) atoms. The molecule has 3 heteroatoms. The maximum atomic E-state index is 5.67. The van der Waals surface area contributed by atoms with E-state index in [-0.39, 0.29) is 0 Å². The molecular weight excluding hydrogens is 226 g/mol. The van der Waals surface area contributed by atoms with Crippen LogP contribution in [-0.2, 0) is 12.8 Å². The number of likely N-dealkylation sites (tertiary alicyclic amines) is 1. The number of fused-ring (bicyclic) bond motifs is 4. The van der Waals surface area contributed by atoms with Gasteiger partial charge in [0.05, 0.1) is 0 Å². The fourth-order valence-corrected chi connectivity index (χ4v) is 3.85. The van der Waals surface area contributed by atoms with Gasteiger partial charge in [-0.05, 0) is 56.8 Å². The van der Waals surface area contributed by atoms with Gasteiger partial charge in [0.2, 0.25) is 6.79 Å². The highest BCUT2D eigenvalue weighted by Crippen LogP contribution is 2.44. The summed E-state index contributed by atoms with van der Waals surface area (Å²) >= 11 is 0. The van der Waals surface area contributed by atoms with Gasteiger partial charge in [-0.15, -0.1) is 0 Å². The van der Waals surface area contributed by atoms with Gasteiger partial charge < -0.3 is 14.4 Å². The average molecular weight is 245 g/mol. The average Bonchev–Trinajstić information content (AvgIpc) is 2.86. The predicted octanol–water partition coefficient (Wildman–Crippen LogP) is 2.22. The number of rotatable bonds is 0. The van der Waals surface area contributed by atoms with E-state index in [9.17, 15) is 0 Å². The smallest absolute Gasteiger partial charge is 0.231 e. The van der Waals surface area contributed by atoms with E-state index < -0.39 is 0 Å². The fourth-order valence-electron chi connectivity index (χ4n) is 3.85. The number of ether oxygens (including phenoxy) is 2. The number of likely N-dealkylation sites (N-methyl/N-ethyl adjacent to an activating group) is 1. The van der Waals surface area contributed by atoms with Crippen molar-refractivity contribution in [2.75, 3.05) is 20.4 Å². The Morgan fingerprint density at radius 3 is 3.11 bits per heavy atom. The largest absolute Gasteiger partial charge is 0.454 e. The van der Waals surface area contributed by atoms with Gasteiger partial charge in [0.25, 0.3) is 0 Å². The molecule has 2 heterocycles. The van der Waals surface area contributed by atoms with Crippen molar-refractivity contribution in [3.8, 4) is 11.5 Å². The third kappa shape index (κ3) is 1.46. The zero-order valence-corrected chi connectivity index (χ0v) is 10.8. The van der Waals surface area contributed by atoms with Crippen molar-refractivity contribution in [1.29, 1.82) is 0 Å². The topological polar surface area (TPSA) is 21.7 Å². The van der Waals surface area contributed by atoms with Gasteiger partial charge in [0.1, 0.15) is 0 Å². The molecule has 0 radical (unpaired) electrons. The number of nitrogens with zero attached hydrogens (tertiary/aromatic N) is 1. The number of hydrogen-bond donors (Lipinski definition) is 0. The Bertz CT molecular complexity index is 486. The fraction of sp³-hybridized carbons (Fsp3) is 0.600. The summed E-state index contributed by atoms with van der Waals surface area (Å²) in [5, 5.41) is 0. The van der Waals surface area contributed by atoms with Gasteiger partial charge in [-0.2, -0.15) is 0 Å². The first-order valence-corrected chi connectivity index (χ1v) is 6.93. The van der Waals surface area contributed by atoms with Crippen molar-refractivity contribution in [1.82, 2.24) is 4.90 Å². The third-order valence-electron chi connectivity index (χ3n) is 4.83. The molecule has 1 unspecified atom stereocenters. The molecule has 1 aromatic rings. The summed E-state index contributed by atoms with van der Waals surface area (Å²) in [5.41, 5.74) is 2.89. The third-order valence-corrected chi connectivity index (χ3v) is 4.83. The van der Waals surface area contributed by atoms with Crippen molar-refractivity contribution >= 4 is 0 Å². The normalized spacial score (nSPS) is 29.8. The van der Waals surface area contributed by atoms with Crippen molar-refractivity contribution in [2.45, 2.75) is 31.7 Å². The molecule has 0 saturated carbocycles. The van der Waals surface area contributed by atoms with Crippen LogP contribution in [0.3, 0.4) is 0 Å². The molecule has 0 aromatic heterocycles. The molecule has 0 N–H and O–H groups in total. The first-order chi connectivity index (χ1) is 8.83. The molecule has 4 rings (SSSR count). The van der Waals surface area contributed by atoms with E-state index in [0.717, 1.165) is 29.9 Å². The van der Waals surface area contributed by atoms with E-state index in [1.807, 2.05) is 0 Å². The Hall–Kier alpha value is -1.22. The molecule has 0 spiro atoms. The highest BCUT2D eigenvalue weighted by Gasteiger charge is 2.36. The Labute approximate surface area is 108 Å². The molecular formula is C15H19NO2. The van der Waals surface area contributed by atoms with Gasteiger partial charge in [-0.1, -0.05) is 6.07 Å². The quantitative estimate of drug-likeness (QED) is 0.699. The minimum atomic E-state index is 0.389. The second-order valence-corrected chi connectivity index (χ2v) is 5.80. The van der Waals surface area contributed by atoms with Crippen LogP contribution in [0.25, 0.3) is 0 Å². The minimum absolute atomic E-state index is 0.389. The Balaban J connectivity index is 1.75. The lowest BCUT2D eigenvalue weighted by Gasteiger charge is -2.43. The molecule has 2 atom stereocenters. The van der Waals surface area contributed by atoms with Crippen molar-refractivity contribution in [3.63, 3.8) is 0 Å². The van der Waals surface area contributed by atoms with E-state index in [1.165, 1.54) is 36.9 Å². The standard InChI is InChI=1S/C15H19NO2/c1-16-6-2-3-11-7-12-10(8-13(11)16)4-5-14-15(12)18-9-17-14/h4-5,11,13H,2-3,6-9H2,1H3/t11-,13?/m1/s1. The summed E-state index contributed by atoms with van der Waals surface area (Å²) < 4.78 is 11.2. The molecule has 96 valence electrons. The molecule has 1 aromatic carbocycles. The van der Waals surface area contributed by atoms with Crippen LogP contribution < -0.4 is 9.47 Å². The Morgan fingerprint density at radius 2 is 2.17 bits per heavy atom. The van der Waals surface area contributed by atoms with Gasteiger partial charge in [-0.3, -0.25) is 0 Å². The molecule has 1 aliphatic carbocycles. The maximum absolute atomic E-state index is 5.67. The van der Waals surface area contributed by atoms with Crippen LogP contribution in [-0.4, -0.2) is 31.3 Å². The summed E-state index contributed by atoms with van der Waals surface area (Å²) in [6.45, 7) is 1.64. The minimum Gasteiger partial charge on any atom is -0.454 e. The highest BCUT2D eigenvalue weighted by molar-refractivity contribution is 5.53. The van der Waals surface area contributed by atoms with Crippen LogP contribution in [0.5, 0.6) is 11.5 Å². The lowest BCUT2D eigenvalue weighted by molar-refractivity contribution is 0.111. The zero-order chi connectivity index (χ0) is 12.1. The lowest BCUT2D eigenvalue weighted by atomic mass is 9.75. The molecule has 3 nitrogen and oxygen atoms in total. The van der Waals surface area contributed by atoms with Crippen LogP contribution in [0.1, 0.15) is 24.0 Å². The number of hydrogen-bond acceptors (Lipinski definition) is 3. The Kier molecular flexibility index (Phi) is 2.31. The molecule has 2 aliphatic heterocycles. The van der Waals surface area contributed by atoms with Crippen molar-refractivity contribution in [2.24, 2.45) is 5.92 Å². The second kappa shape index (κ2) is 3.89. The van der Waals surface area contributed by atoms with E-state index in [4.69, 9.17) is 9.47 Å². The van der Waals surface area contributed by atoms with Crippen molar-refractivity contribution < 1.29 is 9.47 Å². The van der Waals surface area contributed by atoms with Gasteiger partial charge in [-0.25, -0.2) is 0 Å². The van der Waals surface area contributed by atoms with Crippen molar-refractivity contribution in [3.05, 3.63) is 23.3 Å². The monoisotopic (exact) mass is 245 g/mol. The molecule has 3 aliphatic rings. The SMILES string of the molecule is CN1CCC[C@@H]2Cc3c(ccc4c3OCO4)CC21. The molecule has 0 amide bonds. The molecule has 0 bridgehead atoms. The van der Waals surface area contributed by atoms with Crippen LogP contribution in [0.15, 0.2) is 12.1 Å². The van der Waals surface area contributed by atoms with E-state index in [0.29, 0.717) is 6.79 Å². The van der Waals surface area contributed by atoms with E-state index in [1.54, 1.807) is 0 Å². The first-order valence-electron chi connectivity index (χ1n) is 6.93. The van der Waals surface area contributed by atoms with E-state index >= 15 is 0 Å². The number of piperidine rings is 1. The van der Waals surface area contributed by atoms with Crippen LogP contribution >= 0.6 is 0 Å². The summed E-state index contributed by atoms with van der Waals surface area (Å²) in [6.07, 6.45) is 5.03. The predicted molar refractivity (Wildman–Crippen MR) is 69.1 cm³/mol. The van der Waals surface area contributed by atoms with E-state index in [2.05, 4.69) is 24.1 Å². The second-order valence-electron chi connectivity index (χ2n) is 5.80. The summed E-state index contributed by atoms with van der Waals surface area (Å²) in [7, 11) is 2.27.